The van der Waals surface area contributed by atoms with E-state index in [1.807, 2.05) is 0 Å². The number of nitrogens with one attached hydrogen (secondary N) is 1. The standard InChI is InChI=1S/C11H9BrF3NO3S/c1-5-2-6(3-8(12)9(5)13)20(18,19)16-10(17)7-4-11(7,14)15/h2-3,7H,4H2,1H3,(H,16,17). The van der Waals surface area contributed by atoms with E-state index in [4.69, 9.17) is 0 Å². The van der Waals surface area contributed by atoms with E-state index in [0.29, 0.717) is 0 Å². The summed E-state index contributed by atoms with van der Waals surface area (Å²) in [5.74, 6) is -6.67. The van der Waals surface area contributed by atoms with Crippen molar-refractivity contribution in [2.75, 3.05) is 0 Å². The second kappa shape index (κ2) is 4.73. The van der Waals surface area contributed by atoms with E-state index in [0.717, 1.165) is 12.1 Å². The molecule has 110 valence electrons. The highest BCUT2D eigenvalue weighted by molar-refractivity contribution is 9.10. The second-order valence-electron chi connectivity index (χ2n) is 4.52. The summed E-state index contributed by atoms with van der Waals surface area (Å²) in [6.07, 6.45) is -0.666. The summed E-state index contributed by atoms with van der Waals surface area (Å²) in [5.41, 5.74) is 0.0453. The van der Waals surface area contributed by atoms with E-state index >= 15 is 0 Å². The van der Waals surface area contributed by atoms with Crippen LogP contribution in [0.1, 0.15) is 12.0 Å². The molecule has 1 unspecified atom stereocenters. The minimum atomic E-state index is -4.31. The Morgan fingerprint density at radius 2 is 2.00 bits per heavy atom. The molecule has 1 N–H and O–H groups in total. The van der Waals surface area contributed by atoms with Crippen molar-refractivity contribution in [3.63, 3.8) is 0 Å². The minimum Gasteiger partial charge on any atom is -0.273 e. The van der Waals surface area contributed by atoms with Crippen molar-refractivity contribution in [1.29, 1.82) is 0 Å². The Balaban J connectivity index is 2.25. The normalized spacial score (nSPS) is 20.6. The lowest BCUT2D eigenvalue weighted by Gasteiger charge is -2.09. The molecule has 0 heterocycles. The summed E-state index contributed by atoms with van der Waals surface area (Å²) in [4.78, 5) is 11.0. The van der Waals surface area contributed by atoms with Crippen LogP contribution in [0.2, 0.25) is 0 Å². The Morgan fingerprint density at radius 3 is 2.45 bits per heavy atom. The summed E-state index contributed by atoms with van der Waals surface area (Å²) >= 11 is 2.84. The monoisotopic (exact) mass is 371 g/mol. The lowest BCUT2D eigenvalue weighted by molar-refractivity contribution is -0.122. The fourth-order valence-corrected chi connectivity index (χ4v) is 3.45. The van der Waals surface area contributed by atoms with Crippen LogP contribution in [-0.2, 0) is 14.8 Å². The number of amides is 1. The fourth-order valence-electron chi connectivity index (χ4n) is 1.61. The van der Waals surface area contributed by atoms with Crippen LogP contribution in [0.3, 0.4) is 0 Å². The number of benzene rings is 1. The maximum Gasteiger partial charge on any atom is 0.264 e. The van der Waals surface area contributed by atoms with Crippen molar-refractivity contribution in [2.24, 2.45) is 5.92 Å². The molecule has 0 radical (unpaired) electrons. The van der Waals surface area contributed by atoms with Gasteiger partial charge in [-0.1, -0.05) is 0 Å². The van der Waals surface area contributed by atoms with Crippen LogP contribution in [0.25, 0.3) is 0 Å². The number of alkyl halides is 2. The quantitative estimate of drug-likeness (QED) is 0.886. The zero-order valence-electron chi connectivity index (χ0n) is 10.1. The van der Waals surface area contributed by atoms with Crippen molar-refractivity contribution >= 4 is 31.9 Å². The predicted molar refractivity (Wildman–Crippen MR) is 67.2 cm³/mol. The topological polar surface area (TPSA) is 63.2 Å². The molecule has 20 heavy (non-hydrogen) atoms. The van der Waals surface area contributed by atoms with Gasteiger partial charge in [-0.15, -0.1) is 0 Å². The van der Waals surface area contributed by atoms with E-state index < -0.39 is 40.0 Å². The van der Waals surface area contributed by atoms with Gasteiger partial charge in [0.05, 0.1) is 9.37 Å². The number of halogens is 4. The largest absolute Gasteiger partial charge is 0.273 e. The maximum atomic E-state index is 13.4. The first-order chi connectivity index (χ1) is 9.04. The highest BCUT2D eigenvalue weighted by Gasteiger charge is 2.61. The zero-order valence-corrected chi connectivity index (χ0v) is 12.5. The number of hydrogen-bond acceptors (Lipinski definition) is 3. The molecule has 0 saturated heterocycles. The van der Waals surface area contributed by atoms with Crippen LogP contribution in [0.15, 0.2) is 21.5 Å². The number of sulfonamides is 1. The Kier molecular flexibility index (Phi) is 3.62. The van der Waals surface area contributed by atoms with Crippen molar-refractivity contribution < 1.29 is 26.4 Å². The minimum absolute atomic E-state index is 0.0453. The van der Waals surface area contributed by atoms with Crippen molar-refractivity contribution in [3.8, 4) is 0 Å². The molecular formula is C11H9BrF3NO3S. The van der Waals surface area contributed by atoms with Gasteiger partial charge in [0.1, 0.15) is 11.7 Å². The van der Waals surface area contributed by atoms with Crippen molar-refractivity contribution in [1.82, 2.24) is 4.72 Å². The first-order valence-corrected chi connectivity index (χ1v) is 7.72. The van der Waals surface area contributed by atoms with Gasteiger partial charge in [-0.25, -0.2) is 26.3 Å². The Morgan fingerprint density at radius 1 is 1.45 bits per heavy atom. The fraction of sp³-hybridized carbons (Fsp3) is 0.364. The van der Waals surface area contributed by atoms with Gasteiger partial charge in [0.2, 0.25) is 5.91 Å². The zero-order chi connectivity index (χ0) is 15.3. The average molecular weight is 372 g/mol. The molecule has 1 aliphatic carbocycles. The molecule has 1 saturated carbocycles. The third kappa shape index (κ3) is 2.83. The summed E-state index contributed by atoms with van der Waals surface area (Å²) < 4.78 is 64.0. The van der Waals surface area contributed by atoms with Crippen LogP contribution >= 0.6 is 15.9 Å². The van der Waals surface area contributed by atoms with Crippen molar-refractivity contribution in [3.05, 3.63) is 28.0 Å². The third-order valence-corrected chi connectivity index (χ3v) is 4.77. The number of carbonyl (C=O) groups excluding carboxylic acids is 1. The van der Waals surface area contributed by atoms with E-state index in [1.54, 1.807) is 4.72 Å². The molecule has 1 aromatic carbocycles. The first-order valence-electron chi connectivity index (χ1n) is 5.45. The molecule has 1 amide bonds. The number of aryl methyl sites for hydroxylation is 1. The molecule has 9 heteroatoms. The van der Waals surface area contributed by atoms with Gasteiger partial charge >= 0.3 is 0 Å². The van der Waals surface area contributed by atoms with Gasteiger partial charge in [0, 0.05) is 6.42 Å². The predicted octanol–water partition coefficient (Wildman–Crippen LogP) is 2.36. The summed E-state index contributed by atoms with van der Waals surface area (Å²) in [6.45, 7) is 1.34. The summed E-state index contributed by atoms with van der Waals surface area (Å²) in [5, 5.41) is 0. The number of hydrogen-bond donors (Lipinski definition) is 1. The van der Waals surface area contributed by atoms with Gasteiger partial charge in [0.15, 0.2) is 0 Å². The van der Waals surface area contributed by atoms with Crippen LogP contribution in [0, 0.1) is 18.7 Å². The molecule has 1 fully saturated rings. The smallest absolute Gasteiger partial charge is 0.264 e. The molecule has 1 aromatic rings. The molecular weight excluding hydrogens is 363 g/mol. The Hall–Kier alpha value is -1.09. The van der Waals surface area contributed by atoms with Crippen LogP contribution < -0.4 is 4.72 Å². The van der Waals surface area contributed by atoms with Gasteiger partial charge < -0.3 is 0 Å². The van der Waals surface area contributed by atoms with Gasteiger partial charge in [0.25, 0.3) is 15.9 Å². The number of carbonyl (C=O) groups is 1. The highest BCUT2D eigenvalue weighted by atomic mass is 79.9. The highest BCUT2D eigenvalue weighted by Crippen LogP contribution is 2.48. The van der Waals surface area contributed by atoms with E-state index in [-0.39, 0.29) is 14.9 Å². The third-order valence-electron chi connectivity index (χ3n) is 2.87. The molecule has 0 bridgehead atoms. The Labute approximate surface area is 121 Å². The van der Waals surface area contributed by atoms with E-state index in [1.165, 1.54) is 6.92 Å². The SMILES string of the molecule is Cc1cc(S(=O)(=O)NC(=O)C2CC2(F)F)cc(Br)c1F. The molecule has 1 atom stereocenters. The number of rotatable bonds is 3. The lowest BCUT2D eigenvalue weighted by atomic mass is 10.2. The van der Waals surface area contributed by atoms with Gasteiger partial charge in [-0.2, -0.15) is 0 Å². The molecule has 0 aliphatic heterocycles. The van der Waals surface area contributed by atoms with Crippen LogP contribution in [-0.4, -0.2) is 20.2 Å². The molecule has 2 rings (SSSR count). The second-order valence-corrected chi connectivity index (χ2v) is 7.06. The van der Waals surface area contributed by atoms with E-state index in [2.05, 4.69) is 15.9 Å². The van der Waals surface area contributed by atoms with E-state index in [9.17, 15) is 26.4 Å². The maximum absolute atomic E-state index is 13.4. The summed E-state index contributed by atoms with van der Waals surface area (Å²) in [6, 6.07) is 1.98. The van der Waals surface area contributed by atoms with Gasteiger partial charge in [-0.05, 0) is 40.5 Å². The Bertz CT molecular complexity index is 667. The van der Waals surface area contributed by atoms with Crippen molar-refractivity contribution in [2.45, 2.75) is 24.2 Å². The van der Waals surface area contributed by atoms with Crippen LogP contribution in [0.5, 0.6) is 0 Å². The van der Waals surface area contributed by atoms with Gasteiger partial charge in [-0.3, -0.25) is 4.79 Å². The summed E-state index contributed by atoms with van der Waals surface area (Å²) in [7, 11) is -4.31. The average Bonchev–Trinajstić information content (AvgIpc) is 2.94. The molecule has 0 aromatic heterocycles. The molecule has 0 spiro atoms. The first kappa shape index (κ1) is 15.3. The molecule has 4 nitrogen and oxygen atoms in total. The molecule has 1 aliphatic rings. The van der Waals surface area contributed by atoms with Crippen LogP contribution in [0.4, 0.5) is 13.2 Å². The lowest BCUT2D eigenvalue weighted by Crippen LogP contribution is -2.33.